The summed E-state index contributed by atoms with van der Waals surface area (Å²) in [6.07, 6.45) is 7.79. The van der Waals surface area contributed by atoms with Crippen LogP contribution in [0, 0.1) is 11.3 Å². The molecule has 1 heterocycles. The molecule has 2 rings (SSSR count). The second-order valence-electron chi connectivity index (χ2n) is 6.46. The minimum atomic E-state index is 0.253. The minimum absolute atomic E-state index is 0.253. The Hall–Kier alpha value is -1.09. The van der Waals surface area contributed by atoms with Gasteiger partial charge in [-0.3, -0.25) is 0 Å². The van der Waals surface area contributed by atoms with Gasteiger partial charge < -0.3 is 11.5 Å². The van der Waals surface area contributed by atoms with Crippen LogP contribution in [0.25, 0.3) is 0 Å². The number of rotatable bonds is 3. The second-order valence-corrected chi connectivity index (χ2v) is 6.46. The summed E-state index contributed by atoms with van der Waals surface area (Å²) in [6, 6.07) is 4.21. The van der Waals surface area contributed by atoms with Crippen molar-refractivity contribution in [2.24, 2.45) is 17.1 Å². The van der Waals surface area contributed by atoms with Crippen LogP contribution < -0.4 is 11.5 Å². The van der Waals surface area contributed by atoms with Crippen molar-refractivity contribution in [3.63, 3.8) is 0 Å². The fourth-order valence-electron chi connectivity index (χ4n) is 2.91. The lowest BCUT2D eigenvalue weighted by Crippen LogP contribution is -2.36. The van der Waals surface area contributed by atoms with E-state index in [0.29, 0.717) is 17.2 Å². The van der Waals surface area contributed by atoms with Crippen LogP contribution in [0.3, 0.4) is 0 Å². The number of nitrogen functional groups attached to an aromatic ring is 1. The number of nitrogens with two attached hydrogens (primary N) is 2. The first-order chi connectivity index (χ1) is 8.46. The standard InChI is InChI=1S/C15H25N3/c1-15(2)6-3-12(4-7-15)13(16)9-11-5-8-18-14(17)10-11/h5,8,10,12-13H,3-4,6-7,9,16H2,1-2H3,(H2,17,18). The molecule has 1 fully saturated rings. The van der Waals surface area contributed by atoms with Gasteiger partial charge in [-0.25, -0.2) is 4.98 Å². The maximum Gasteiger partial charge on any atom is 0.123 e. The topological polar surface area (TPSA) is 64.9 Å². The number of pyridine rings is 1. The SMILES string of the molecule is CC1(C)CCC(C(N)Cc2ccnc(N)c2)CC1. The number of nitrogens with zero attached hydrogens (tertiary/aromatic N) is 1. The molecule has 4 N–H and O–H groups in total. The molecule has 18 heavy (non-hydrogen) atoms. The van der Waals surface area contributed by atoms with Crippen molar-refractivity contribution >= 4 is 5.82 Å². The molecule has 0 spiro atoms. The molecule has 100 valence electrons. The van der Waals surface area contributed by atoms with Gasteiger partial charge in [0.2, 0.25) is 0 Å². The molecule has 0 aromatic carbocycles. The molecule has 0 amide bonds. The maximum atomic E-state index is 6.36. The first-order valence-corrected chi connectivity index (χ1v) is 6.92. The fraction of sp³-hybridized carbons (Fsp3) is 0.667. The van der Waals surface area contributed by atoms with E-state index in [0.717, 1.165) is 6.42 Å². The summed E-state index contributed by atoms with van der Waals surface area (Å²) in [5.41, 5.74) is 13.8. The van der Waals surface area contributed by atoms with Crippen LogP contribution in [0.15, 0.2) is 18.3 Å². The highest BCUT2D eigenvalue weighted by Crippen LogP contribution is 2.39. The van der Waals surface area contributed by atoms with Crippen LogP contribution in [0.1, 0.15) is 45.1 Å². The van der Waals surface area contributed by atoms with Crippen molar-refractivity contribution in [1.29, 1.82) is 0 Å². The molecule has 3 nitrogen and oxygen atoms in total. The third-order valence-corrected chi connectivity index (χ3v) is 4.31. The van der Waals surface area contributed by atoms with Gasteiger partial charge in [0, 0.05) is 12.2 Å². The van der Waals surface area contributed by atoms with Crippen LogP contribution in [0.4, 0.5) is 5.82 Å². The normalized spacial score (nSPS) is 21.7. The molecular formula is C15H25N3. The average Bonchev–Trinajstić information content (AvgIpc) is 2.28. The third kappa shape index (κ3) is 3.45. The van der Waals surface area contributed by atoms with E-state index in [2.05, 4.69) is 18.8 Å². The predicted molar refractivity (Wildman–Crippen MR) is 76.1 cm³/mol. The van der Waals surface area contributed by atoms with Crippen molar-refractivity contribution in [1.82, 2.24) is 4.98 Å². The molecule has 0 aliphatic heterocycles. The van der Waals surface area contributed by atoms with Gasteiger partial charge >= 0.3 is 0 Å². The number of aromatic nitrogens is 1. The van der Waals surface area contributed by atoms with E-state index in [1.165, 1.54) is 31.2 Å². The monoisotopic (exact) mass is 247 g/mol. The summed E-state index contributed by atoms with van der Waals surface area (Å²) >= 11 is 0. The van der Waals surface area contributed by atoms with Crippen LogP contribution in [-0.2, 0) is 6.42 Å². The lowest BCUT2D eigenvalue weighted by atomic mass is 9.70. The Kier molecular flexibility index (Phi) is 3.91. The number of hydrogen-bond acceptors (Lipinski definition) is 3. The van der Waals surface area contributed by atoms with E-state index < -0.39 is 0 Å². The van der Waals surface area contributed by atoms with Crippen molar-refractivity contribution in [3.05, 3.63) is 23.9 Å². The van der Waals surface area contributed by atoms with E-state index in [1.54, 1.807) is 6.20 Å². The Bertz CT molecular complexity index is 390. The van der Waals surface area contributed by atoms with Crippen LogP contribution >= 0.6 is 0 Å². The maximum absolute atomic E-state index is 6.36. The predicted octanol–water partition coefficient (Wildman–Crippen LogP) is 2.75. The van der Waals surface area contributed by atoms with Gasteiger partial charge in [-0.1, -0.05) is 13.8 Å². The van der Waals surface area contributed by atoms with Crippen molar-refractivity contribution < 1.29 is 0 Å². The van der Waals surface area contributed by atoms with Gasteiger partial charge in [0.05, 0.1) is 0 Å². The Morgan fingerprint density at radius 2 is 2.06 bits per heavy atom. The van der Waals surface area contributed by atoms with E-state index in [1.807, 2.05) is 12.1 Å². The molecule has 1 atom stereocenters. The van der Waals surface area contributed by atoms with Crippen molar-refractivity contribution in [2.75, 3.05) is 5.73 Å². The van der Waals surface area contributed by atoms with Crippen LogP contribution in [0.5, 0.6) is 0 Å². The highest BCUT2D eigenvalue weighted by atomic mass is 14.8. The van der Waals surface area contributed by atoms with Gasteiger partial charge in [-0.05, 0) is 61.1 Å². The summed E-state index contributed by atoms with van der Waals surface area (Å²) in [6.45, 7) is 4.72. The zero-order valence-corrected chi connectivity index (χ0v) is 11.5. The molecule has 1 aliphatic rings. The summed E-state index contributed by atoms with van der Waals surface area (Å²) in [5.74, 6) is 1.25. The van der Waals surface area contributed by atoms with Gasteiger partial charge in [0.25, 0.3) is 0 Å². The molecular weight excluding hydrogens is 222 g/mol. The molecule has 1 aliphatic carbocycles. The molecule has 3 heteroatoms. The summed E-state index contributed by atoms with van der Waals surface area (Å²) in [7, 11) is 0. The second kappa shape index (κ2) is 5.27. The van der Waals surface area contributed by atoms with E-state index in [-0.39, 0.29) is 6.04 Å². The number of hydrogen-bond donors (Lipinski definition) is 2. The number of anilines is 1. The van der Waals surface area contributed by atoms with E-state index in [9.17, 15) is 0 Å². The minimum Gasteiger partial charge on any atom is -0.384 e. The smallest absolute Gasteiger partial charge is 0.123 e. The van der Waals surface area contributed by atoms with E-state index >= 15 is 0 Å². The highest BCUT2D eigenvalue weighted by molar-refractivity contribution is 5.32. The molecule has 0 saturated heterocycles. The Labute approximate surface area is 110 Å². The summed E-state index contributed by atoms with van der Waals surface area (Å²) in [5, 5.41) is 0. The van der Waals surface area contributed by atoms with E-state index in [4.69, 9.17) is 11.5 Å². The first kappa shape index (κ1) is 13.3. The summed E-state index contributed by atoms with van der Waals surface area (Å²) in [4.78, 5) is 4.02. The van der Waals surface area contributed by atoms with Gasteiger partial charge in [0.15, 0.2) is 0 Å². The zero-order valence-electron chi connectivity index (χ0n) is 11.5. The first-order valence-electron chi connectivity index (χ1n) is 6.92. The largest absolute Gasteiger partial charge is 0.384 e. The van der Waals surface area contributed by atoms with Crippen molar-refractivity contribution in [3.8, 4) is 0 Å². The Balaban J connectivity index is 1.91. The van der Waals surface area contributed by atoms with Crippen LogP contribution in [0.2, 0.25) is 0 Å². The molecule has 1 aromatic rings. The summed E-state index contributed by atoms with van der Waals surface area (Å²) < 4.78 is 0. The molecule has 1 aromatic heterocycles. The van der Waals surface area contributed by atoms with Gasteiger partial charge in [-0.15, -0.1) is 0 Å². The lowest BCUT2D eigenvalue weighted by Gasteiger charge is -2.36. The Morgan fingerprint density at radius 1 is 1.39 bits per heavy atom. The molecule has 0 radical (unpaired) electrons. The Morgan fingerprint density at radius 3 is 2.67 bits per heavy atom. The van der Waals surface area contributed by atoms with Crippen LogP contribution in [-0.4, -0.2) is 11.0 Å². The molecule has 0 bridgehead atoms. The third-order valence-electron chi connectivity index (χ3n) is 4.31. The average molecular weight is 247 g/mol. The van der Waals surface area contributed by atoms with Gasteiger partial charge in [0.1, 0.15) is 5.82 Å². The van der Waals surface area contributed by atoms with Crippen molar-refractivity contribution in [2.45, 2.75) is 52.0 Å². The molecule has 1 saturated carbocycles. The highest BCUT2D eigenvalue weighted by Gasteiger charge is 2.29. The zero-order chi connectivity index (χ0) is 13.2. The molecule has 1 unspecified atom stereocenters. The lowest BCUT2D eigenvalue weighted by molar-refractivity contribution is 0.173. The quantitative estimate of drug-likeness (QED) is 0.863. The van der Waals surface area contributed by atoms with Gasteiger partial charge in [-0.2, -0.15) is 0 Å². The fourth-order valence-corrected chi connectivity index (χ4v) is 2.91.